The summed E-state index contributed by atoms with van der Waals surface area (Å²) in [4.78, 5) is 25.7. The molecule has 18 heavy (non-hydrogen) atoms. The smallest absolute Gasteiger partial charge is 0.328 e. The summed E-state index contributed by atoms with van der Waals surface area (Å²) in [6.07, 6.45) is 1.34. The fourth-order valence-electron chi connectivity index (χ4n) is 1.80. The molecule has 0 unspecified atom stereocenters. The summed E-state index contributed by atoms with van der Waals surface area (Å²) in [7, 11) is 1.56. The molecule has 0 bridgehead atoms. The van der Waals surface area contributed by atoms with Crippen molar-refractivity contribution in [2.24, 2.45) is 0 Å². The van der Waals surface area contributed by atoms with Crippen LogP contribution in [0.2, 0.25) is 0 Å². The Labute approximate surface area is 104 Å². The molecule has 0 amide bonds. The average Bonchev–Trinajstić information content (AvgIpc) is 2.34. The Morgan fingerprint density at radius 3 is 2.72 bits per heavy atom. The van der Waals surface area contributed by atoms with Crippen LogP contribution >= 0.6 is 0 Å². The van der Waals surface area contributed by atoms with Gasteiger partial charge in [0.1, 0.15) is 5.75 Å². The molecule has 0 aliphatic carbocycles. The molecular weight excluding hydrogens is 232 g/mol. The highest BCUT2D eigenvalue weighted by molar-refractivity contribution is 5.37. The number of aromatic nitrogens is 2. The predicted octanol–water partition coefficient (Wildman–Crippen LogP) is 0.902. The number of methoxy groups -OCH3 is 1. The van der Waals surface area contributed by atoms with Crippen LogP contribution in [-0.4, -0.2) is 16.7 Å². The van der Waals surface area contributed by atoms with Crippen molar-refractivity contribution in [1.29, 1.82) is 0 Å². The van der Waals surface area contributed by atoms with E-state index >= 15 is 0 Å². The number of aromatic amines is 1. The Hall–Kier alpha value is -2.30. The summed E-state index contributed by atoms with van der Waals surface area (Å²) >= 11 is 0. The highest BCUT2D eigenvalue weighted by atomic mass is 16.5. The maximum Gasteiger partial charge on any atom is 0.328 e. The van der Waals surface area contributed by atoms with Crippen LogP contribution in [0.4, 0.5) is 0 Å². The van der Waals surface area contributed by atoms with Gasteiger partial charge in [-0.1, -0.05) is 17.7 Å². The van der Waals surface area contributed by atoms with Gasteiger partial charge in [-0.3, -0.25) is 9.36 Å². The van der Waals surface area contributed by atoms with E-state index in [1.54, 1.807) is 7.11 Å². The van der Waals surface area contributed by atoms with Crippen LogP contribution in [0.5, 0.6) is 5.75 Å². The lowest BCUT2D eigenvalue weighted by molar-refractivity contribution is 0.407. The van der Waals surface area contributed by atoms with E-state index in [2.05, 4.69) is 4.98 Å². The molecule has 0 saturated heterocycles. The second kappa shape index (κ2) is 4.91. The Morgan fingerprint density at radius 1 is 1.28 bits per heavy atom. The number of ether oxygens (including phenoxy) is 1. The minimum absolute atomic E-state index is 0.194. The van der Waals surface area contributed by atoms with E-state index in [0.717, 1.165) is 15.7 Å². The summed E-state index contributed by atoms with van der Waals surface area (Å²) in [5, 5.41) is 0. The molecule has 1 aromatic heterocycles. The van der Waals surface area contributed by atoms with Crippen molar-refractivity contribution in [2.75, 3.05) is 7.11 Å². The van der Waals surface area contributed by atoms with E-state index in [9.17, 15) is 9.59 Å². The Morgan fingerprint density at radius 2 is 2.06 bits per heavy atom. The van der Waals surface area contributed by atoms with Crippen LogP contribution in [0.25, 0.3) is 0 Å². The van der Waals surface area contributed by atoms with Crippen LogP contribution < -0.4 is 16.0 Å². The zero-order valence-corrected chi connectivity index (χ0v) is 10.3. The quantitative estimate of drug-likeness (QED) is 0.875. The maximum atomic E-state index is 11.6. The summed E-state index contributed by atoms with van der Waals surface area (Å²) in [6, 6.07) is 6.97. The van der Waals surface area contributed by atoms with Gasteiger partial charge >= 0.3 is 5.69 Å². The lowest BCUT2D eigenvalue weighted by atomic mass is 10.1. The van der Waals surface area contributed by atoms with E-state index < -0.39 is 5.69 Å². The maximum absolute atomic E-state index is 11.6. The fourth-order valence-corrected chi connectivity index (χ4v) is 1.80. The van der Waals surface area contributed by atoms with Crippen molar-refractivity contribution in [3.8, 4) is 5.75 Å². The standard InChI is InChI=1S/C13H14N2O3/c1-9-3-4-11(18-2)10(7-9)8-15-12(16)5-6-14-13(15)17/h3-7H,8H2,1-2H3,(H,14,17). The van der Waals surface area contributed by atoms with Crippen LogP contribution in [0.3, 0.4) is 0 Å². The van der Waals surface area contributed by atoms with Crippen molar-refractivity contribution in [2.45, 2.75) is 13.5 Å². The topological polar surface area (TPSA) is 64.1 Å². The number of hydrogen-bond donors (Lipinski definition) is 1. The normalized spacial score (nSPS) is 10.3. The number of rotatable bonds is 3. The van der Waals surface area contributed by atoms with Crippen LogP contribution in [0.15, 0.2) is 40.1 Å². The number of hydrogen-bond acceptors (Lipinski definition) is 3. The van der Waals surface area contributed by atoms with Gasteiger partial charge in [0.2, 0.25) is 0 Å². The summed E-state index contributed by atoms with van der Waals surface area (Å²) in [5.74, 6) is 0.663. The third kappa shape index (κ3) is 2.34. The Kier molecular flexibility index (Phi) is 3.32. The summed E-state index contributed by atoms with van der Waals surface area (Å²) in [5.41, 5.74) is 1.09. The molecule has 5 nitrogen and oxygen atoms in total. The third-order valence-corrected chi connectivity index (χ3v) is 2.71. The molecule has 0 spiro atoms. The van der Waals surface area contributed by atoms with Gasteiger partial charge in [-0.05, 0) is 13.0 Å². The predicted molar refractivity (Wildman–Crippen MR) is 68.2 cm³/mol. The first-order chi connectivity index (χ1) is 8.61. The molecule has 0 fully saturated rings. The van der Waals surface area contributed by atoms with Crippen molar-refractivity contribution in [3.05, 3.63) is 62.4 Å². The second-order valence-electron chi connectivity index (χ2n) is 4.02. The van der Waals surface area contributed by atoms with E-state index in [-0.39, 0.29) is 12.1 Å². The van der Waals surface area contributed by atoms with Crippen molar-refractivity contribution < 1.29 is 4.74 Å². The van der Waals surface area contributed by atoms with E-state index in [1.807, 2.05) is 25.1 Å². The van der Waals surface area contributed by atoms with Crippen molar-refractivity contribution in [3.63, 3.8) is 0 Å². The zero-order valence-electron chi connectivity index (χ0n) is 10.3. The summed E-state index contributed by atoms with van der Waals surface area (Å²) in [6.45, 7) is 2.14. The Balaban J connectivity index is 2.49. The second-order valence-corrected chi connectivity index (χ2v) is 4.02. The van der Waals surface area contributed by atoms with Gasteiger partial charge in [-0.2, -0.15) is 0 Å². The third-order valence-electron chi connectivity index (χ3n) is 2.71. The lowest BCUT2D eigenvalue weighted by Gasteiger charge is -2.10. The molecule has 1 aromatic carbocycles. The molecular formula is C13H14N2O3. The largest absolute Gasteiger partial charge is 0.496 e. The minimum Gasteiger partial charge on any atom is -0.496 e. The molecule has 2 aromatic rings. The first kappa shape index (κ1) is 12.2. The highest BCUT2D eigenvalue weighted by Gasteiger charge is 2.07. The van der Waals surface area contributed by atoms with Gasteiger partial charge in [0.15, 0.2) is 0 Å². The van der Waals surface area contributed by atoms with Crippen LogP contribution in [0, 0.1) is 6.92 Å². The van der Waals surface area contributed by atoms with Gasteiger partial charge < -0.3 is 9.72 Å². The van der Waals surface area contributed by atoms with Gasteiger partial charge in [0.05, 0.1) is 13.7 Å². The van der Waals surface area contributed by atoms with Gasteiger partial charge in [-0.25, -0.2) is 4.79 Å². The molecule has 1 heterocycles. The summed E-state index contributed by atoms with van der Waals surface area (Å²) < 4.78 is 6.36. The number of H-pyrrole nitrogens is 1. The molecule has 94 valence electrons. The zero-order chi connectivity index (χ0) is 13.1. The van der Waals surface area contributed by atoms with Gasteiger partial charge in [0.25, 0.3) is 5.56 Å². The Bertz CT molecular complexity index is 642. The molecule has 5 heteroatoms. The van der Waals surface area contributed by atoms with E-state index in [1.165, 1.54) is 12.3 Å². The van der Waals surface area contributed by atoms with E-state index in [4.69, 9.17) is 4.74 Å². The number of nitrogens with one attached hydrogen (secondary N) is 1. The number of nitrogens with zero attached hydrogens (tertiary/aromatic N) is 1. The molecule has 0 aliphatic rings. The fraction of sp³-hybridized carbons (Fsp3) is 0.231. The first-order valence-corrected chi connectivity index (χ1v) is 5.54. The van der Waals surface area contributed by atoms with Crippen molar-refractivity contribution in [1.82, 2.24) is 9.55 Å². The van der Waals surface area contributed by atoms with Crippen molar-refractivity contribution >= 4 is 0 Å². The first-order valence-electron chi connectivity index (χ1n) is 5.54. The average molecular weight is 246 g/mol. The molecule has 1 N–H and O–H groups in total. The molecule has 0 radical (unpaired) electrons. The van der Waals surface area contributed by atoms with E-state index in [0.29, 0.717) is 5.75 Å². The highest BCUT2D eigenvalue weighted by Crippen LogP contribution is 2.19. The monoisotopic (exact) mass is 246 g/mol. The molecule has 0 aliphatic heterocycles. The molecule has 0 saturated carbocycles. The molecule has 2 rings (SSSR count). The number of aryl methyl sites for hydroxylation is 1. The number of benzene rings is 1. The van der Waals surface area contributed by atoms with Crippen LogP contribution in [-0.2, 0) is 6.54 Å². The van der Waals surface area contributed by atoms with Crippen LogP contribution in [0.1, 0.15) is 11.1 Å². The lowest BCUT2D eigenvalue weighted by Crippen LogP contribution is -2.34. The minimum atomic E-state index is -0.425. The van der Waals surface area contributed by atoms with Gasteiger partial charge in [-0.15, -0.1) is 0 Å². The SMILES string of the molecule is COc1ccc(C)cc1Cn1c(=O)cc[nH]c1=O. The van der Waals surface area contributed by atoms with Gasteiger partial charge in [0, 0.05) is 17.8 Å². The molecule has 0 atom stereocenters.